The Kier molecular flexibility index (Phi) is 5.94. The van der Waals surface area contributed by atoms with Gasteiger partial charge >= 0.3 is 5.97 Å². The van der Waals surface area contributed by atoms with Crippen molar-refractivity contribution in [3.8, 4) is 5.75 Å². The van der Waals surface area contributed by atoms with Crippen LogP contribution in [0.1, 0.15) is 18.1 Å². The zero-order valence-corrected chi connectivity index (χ0v) is 16.3. The lowest BCUT2D eigenvalue weighted by atomic mass is 10.1. The zero-order valence-electron chi connectivity index (χ0n) is 16.3. The second kappa shape index (κ2) is 8.96. The first kappa shape index (κ1) is 19.9. The number of morpholine rings is 1. The van der Waals surface area contributed by atoms with Crippen LogP contribution < -0.4 is 10.1 Å². The van der Waals surface area contributed by atoms with Crippen LogP contribution in [0.5, 0.6) is 5.75 Å². The van der Waals surface area contributed by atoms with E-state index in [9.17, 15) is 14.4 Å². The highest BCUT2D eigenvalue weighted by Gasteiger charge is 2.34. The summed E-state index contributed by atoms with van der Waals surface area (Å²) in [6.45, 7) is 1.75. The monoisotopic (exact) mass is 410 g/mol. The van der Waals surface area contributed by atoms with Gasteiger partial charge in [0.2, 0.25) is 6.10 Å². The highest BCUT2D eigenvalue weighted by Crippen LogP contribution is 2.30. The number of hydrogen-bond acceptors (Lipinski definition) is 6. The molecule has 2 aromatic rings. The molecule has 0 bridgehead atoms. The molecule has 2 aliphatic rings. The van der Waals surface area contributed by atoms with Crippen molar-refractivity contribution in [2.45, 2.75) is 18.6 Å². The molecule has 4 rings (SSSR count). The van der Waals surface area contributed by atoms with Crippen molar-refractivity contribution < 1.29 is 28.6 Å². The Morgan fingerprint density at radius 1 is 1.07 bits per heavy atom. The average molecular weight is 410 g/mol. The molecule has 0 radical (unpaired) electrons. The molecule has 2 aliphatic heterocycles. The SMILES string of the molecule is O=C(C[C@@H]1Oc2ccccc2NC1=O)O[C@@H](C(=O)N1CCOCC1)c1ccccc1. The predicted octanol–water partition coefficient (Wildman–Crippen LogP) is 1.92. The number of nitrogens with one attached hydrogen (secondary N) is 1. The number of amides is 2. The Labute approximate surface area is 173 Å². The maximum absolute atomic E-state index is 13.0. The maximum atomic E-state index is 13.0. The molecule has 0 aliphatic carbocycles. The second-order valence-electron chi connectivity index (χ2n) is 7.01. The Morgan fingerprint density at radius 3 is 2.53 bits per heavy atom. The van der Waals surface area contributed by atoms with Gasteiger partial charge in [-0.1, -0.05) is 42.5 Å². The summed E-state index contributed by atoms with van der Waals surface area (Å²) < 4.78 is 16.5. The van der Waals surface area contributed by atoms with Crippen molar-refractivity contribution in [3.05, 3.63) is 60.2 Å². The van der Waals surface area contributed by atoms with Crippen molar-refractivity contribution in [3.63, 3.8) is 0 Å². The van der Waals surface area contributed by atoms with Gasteiger partial charge in [-0.25, -0.2) is 0 Å². The molecule has 2 aromatic carbocycles. The van der Waals surface area contributed by atoms with Crippen molar-refractivity contribution in [1.82, 2.24) is 4.90 Å². The van der Waals surface area contributed by atoms with E-state index in [4.69, 9.17) is 14.2 Å². The predicted molar refractivity (Wildman–Crippen MR) is 107 cm³/mol. The summed E-state index contributed by atoms with van der Waals surface area (Å²) in [6.07, 6.45) is -2.42. The highest BCUT2D eigenvalue weighted by atomic mass is 16.6. The molecule has 0 saturated carbocycles. The molecule has 1 saturated heterocycles. The summed E-state index contributed by atoms with van der Waals surface area (Å²) in [7, 11) is 0. The molecule has 1 N–H and O–H groups in total. The van der Waals surface area contributed by atoms with Crippen LogP contribution in [-0.4, -0.2) is 55.1 Å². The Morgan fingerprint density at radius 2 is 1.77 bits per heavy atom. The van der Waals surface area contributed by atoms with Gasteiger partial charge in [-0.15, -0.1) is 0 Å². The van der Waals surface area contributed by atoms with E-state index in [1.165, 1.54) is 0 Å². The van der Waals surface area contributed by atoms with Crippen molar-refractivity contribution in [1.29, 1.82) is 0 Å². The minimum atomic E-state index is -1.09. The van der Waals surface area contributed by atoms with Crippen molar-refractivity contribution in [2.75, 3.05) is 31.6 Å². The van der Waals surface area contributed by atoms with Gasteiger partial charge in [-0.2, -0.15) is 0 Å². The van der Waals surface area contributed by atoms with Gasteiger partial charge in [0.05, 0.1) is 25.3 Å². The van der Waals surface area contributed by atoms with Gasteiger partial charge < -0.3 is 24.4 Å². The third kappa shape index (κ3) is 4.44. The number of ether oxygens (including phenoxy) is 3. The van der Waals surface area contributed by atoms with E-state index in [1.54, 1.807) is 53.4 Å². The molecule has 1 fully saturated rings. The van der Waals surface area contributed by atoms with E-state index < -0.39 is 24.1 Å². The number of carbonyl (C=O) groups excluding carboxylic acids is 3. The van der Waals surface area contributed by atoms with E-state index in [0.717, 1.165) is 0 Å². The summed E-state index contributed by atoms with van der Waals surface area (Å²) in [6, 6.07) is 15.8. The number of carbonyl (C=O) groups is 3. The molecule has 30 heavy (non-hydrogen) atoms. The summed E-state index contributed by atoms with van der Waals surface area (Å²) in [4.78, 5) is 39.6. The fourth-order valence-electron chi connectivity index (χ4n) is 3.40. The second-order valence-corrected chi connectivity index (χ2v) is 7.01. The number of hydrogen-bond donors (Lipinski definition) is 1. The fourth-order valence-corrected chi connectivity index (χ4v) is 3.40. The van der Waals surface area contributed by atoms with Crippen LogP contribution in [0.4, 0.5) is 5.69 Å². The van der Waals surface area contributed by atoms with E-state index in [1.807, 2.05) is 6.07 Å². The van der Waals surface area contributed by atoms with Crippen LogP contribution in [0.15, 0.2) is 54.6 Å². The molecule has 8 heteroatoms. The van der Waals surface area contributed by atoms with E-state index in [2.05, 4.69) is 5.32 Å². The lowest BCUT2D eigenvalue weighted by molar-refractivity contribution is -0.164. The quantitative estimate of drug-likeness (QED) is 0.757. The maximum Gasteiger partial charge on any atom is 0.311 e. The topological polar surface area (TPSA) is 94.2 Å². The van der Waals surface area contributed by atoms with Crippen LogP contribution in [0.2, 0.25) is 0 Å². The highest BCUT2D eigenvalue weighted by molar-refractivity contribution is 5.99. The van der Waals surface area contributed by atoms with Crippen LogP contribution in [0.3, 0.4) is 0 Å². The fraction of sp³-hybridized carbons (Fsp3) is 0.318. The summed E-state index contributed by atoms with van der Waals surface area (Å²) in [5.41, 5.74) is 1.12. The molecule has 2 atom stereocenters. The van der Waals surface area contributed by atoms with Crippen LogP contribution in [0.25, 0.3) is 0 Å². The van der Waals surface area contributed by atoms with Crippen LogP contribution >= 0.6 is 0 Å². The standard InChI is InChI=1S/C22H22N2O6/c25-19(14-18-21(26)23-16-8-4-5-9-17(16)29-18)30-20(15-6-2-1-3-7-15)22(27)24-10-12-28-13-11-24/h1-9,18,20H,10-14H2,(H,23,26)/t18-,20+/m0/s1. The summed E-state index contributed by atoms with van der Waals surface area (Å²) >= 11 is 0. The van der Waals surface area contributed by atoms with E-state index >= 15 is 0 Å². The lowest BCUT2D eigenvalue weighted by Gasteiger charge is -2.30. The molecule has 2 heterocycles. The normalized spacial score (nSPS) is 19.1. The molecule has 0 unspecified atom stereocenters. The van der Waals surface area contributed by atoms with Gasteiger partial charge in [0, 0.05) is 18.7 Å². The summed E-state index contributed by atoms with van der Waals surface area (Å²) in [5.74, 6) is -0.942. The molecule has 0 aromatic heterocycles. The molecule has 156 valence electrons. The number of rotatable bonds is 5. The lowest BCUT2D eigenvalue weighted by Crippen LogP contribution is -2.44. The number of benzene rings is 2. The summed E-state index contributed by atoms with van der Waals surface area (Å²) in [5, 5.41) is 2.71. The van der Waals surface area contributed by atoms with Gasteiger partial charge in [0.25, 0.3) is 11.8 Å². The average Bonchev–Trinajstić information content (AvgIpc) is 2.79. The van der Waals surface area contributed by atoms with Crippen molar-refractivity contribution in [2.24, 2.45) is 0 Å². The number of fused-ring (bicyclic) bond motifs is 1. The third-order valence-corrected chi connectivity index (χ3v) is 4.96. The third-order valence-electron chi connectivity index (χ3n) is 4.96. The number of esters is 1. The molecule has 0 spiro atoms. The van der Waals surface area contributed by atoms with Gasteiger partial charge in [0.15, 0.2) is 6.10 Å². The smallest absolute Gasteiger partial charge is 0.311 e. The van der Waals surface area contributed by atoms with Crippen LogP contribution in [-0.2, 0) is 23.9 Å². The van der Waals surface area contributed by atoms with E-state index in [-0.39, 0.29) is 12.3 Å². The zero-order chi connectivity index (χ0) is 20.9. The Hall–Kier alpha value is -3.39. The van der Waals surface area contributed by atoms with Crippen molar-refractivity contribution >= 4 is 23.5 Å². The first-order chi connectivity index (χ1) is 14.6. The Bertz CT molecular complexity index is 926. The first-order valence-corrected chi connectivity index (χ1v) is 9.79. The number of para-hydroxylation sites is 2. The first-order valence-electron chi connectivity index (χ1n) is 9.79. The minimum absolute atomic E-state index is 0.306. The number of nitrogens with zero attached hydrogens (tertiary/aromatic N) is 1. The van der Waals surface area contributed by atoms with E-state index in [0.29, 0.717) is 43.3 Å². The van der Waals surface area contributed by atoms with Gasteiger partial charge in [-0.3, -0.25) is 14.4 Å². The van der Waals surface area contributed by atoms with Gasteiger partial charge in [0.1, 0.15) is 5.75 Å². The molecule has 8 nitrogen and oxygen atoms in total. The minimum Gasteiger partial charge on any atom is -0.478 e. The van der Waals surface area contributed by atoms with Gasteiger partial charge in [-0.05, 0) is 12.1 Å². The molecular weight excluding hydrogens is 388 g/mol. The molecule has 2 amide bonds. The van der Waals surface area contributed by atoms with Crippen LogP contribution in [0, 0.1) is 0 Å². The molecular formula is C22H22N2O6. The number of anilines is 1. The largest absolute Gasteiger partial charge is 0.478 e. The Balaban J connectivity index is 1.46.